The molecule has 26 heavy (non-hydrogen) atoms. The summed E-state index contributed by atoms with van der Waals surface area (Å²) < 4.78 is 15.9. The number of likely N-dealkylation sites (tertiary alicyclic amines) is 1. The highest BCUT2D eigenvalue weighted by Gasteiger charge is 2.60. The molecule has 2 aliphatic rings. The summed E-state index contributed by atoms with van der Waals surface area (Å²) >= 11 is 0. The van der Waals surface area contributed by atoms with Gasteiger partial charge in [0.15, 0.2) is 5.60 Å². The van der Waals surface area contributed by atoms with Crippen molar-refractivity contribution < 1.29 is 28.9 Å². The van der Waals surface area contributed by atoms with Gasteiger partial charge in [0.2, 0.25) is 0 Å². The van der Waals surface area contributed by atoms with Crippen LogP contribution in [0.5, 0.6) is 0 Å². The molecule has 1 aromatic rings. The van der Waals surface area contributed by atoms with Gasteiger partial charge >= 0.3 is 12.1 Å². The zero-order chi connectivity index (χ0) is 18.6. The maximum Gasteiger partial charge on any atom is 0.410 e. The van der Waals surface area contributed by atoms with Gasteiger partial charge in [0.1, 0.15) is 12.2 Å². The van der Waals surface area contributed by atoms with E-state index < -0.39 is 23.3 Å². The largest absolute Gasteiger partial charge is 0.467 e. The first kappa shape index (κ1) is 18.7. The second-order valence-corrected chi connectivity index (χ2v) is 6.83. The number of aliphatic hydroxyl groups is 1. The molecule has 0 aromatic heterocycles. The van der Waals surface area contributed by atoms with Gasteiger partial charge in [-0.3, -0.25) is 0 Å². The molecule has 1 atom stereocenters. The van der Waals surface area contributed by atoms with E-state index in [4.69, 9.17) is 14.2 Å². The third kappa shape index (κ3) is 3.41. The quantitative estimate of drug-likeness (QED) is 0.822. The average molecular weight is 363 g/mol. The first-order valence-corrected chi connectivity index (χ1v) is 8.91. The van der Waals surface area contributed by atoms with E-state index in [0.29, 0.717) is 32.5 Å². The van der Waals surface area contributed by atoms with Gasteiger partial charge < -0.3 is 24.2 Å². The fraction of sp³-hybridized carbons (Fsp3) is 0.579. The van der Waals surface area contributed by atoms with Crippen LogP contribution in [0.3, 0.4) is 0 Å². The lowest BCUT2D eigenvalue weighted by Crippen LogP contribution is -2.63. The van der Waals surface area contributed by atoms with Crippen molar-refractivity contribution in [3.8, 4) is 0 Å². The third-order valence-electron chi connectivity index (χ3n) is 5.34. The van der Waals surface area contributed by atoms with E-state index >= 15 is 0 Å². The van der Waals surface area contributed by atoms with Gasteiger partial charge in [-0.05, 0) is 31.2 Å². The van der Waals surface area contributed by atoms with Crippen molar-refractivity contribution in [3.05, 3.63) is 35.9 Å². The zero-order valence-electron chi connectivity index (χ0n) is 15.0. The van der Waals surface area contributed by atoms with Crippen LogP contribution in [0.15, 0.2) is 30.3 Å². The minimum Gasteiger partial charge on any atom is -0.467 e. The van der Waals surface area contributed by atoms with Crippen molar-refractivity contribution >= 4 is 12.1 Å². The lowest BCUT2D eigenvalue weighted by atomic mass is 9.74. The van der Waals surface area contributed by atoms with Crippen LogP contribution in [0.25, 0.3) is 0 Å². The van der Waals surface area contributed by atoms with Gasteiger partial charge in [-0.2, -0.15) is 0 Å². The van der Waals surface area contributed by atoms with Gasteiger partial charge in [-0.25, -0.2) is 9.59 Å². The van der Waals surface area contributed by atoms with Crippen molar-refractivity contribution in [2.45, 2.75) is 43.5 Å². The average Bonchev–Trinajstić information content (AvgIpc) is 3.19. The Morgan fingerprint density at radius 2 is 1.88 bits per heavy atom. The van der Waals surface area contributed by atoms with Crippen molar-refractivity contribution in [2.24, 2.45) is 0 Å². The summed E-state index contributed by atoms with van der Waals surface area (Å²) in [5.41, 5.74) is -1.76. The summed E-state index contributed by atoms with van der Waals surface area (Å²) in [6.07, 6.45) is 1.18. The number of hydrogen-bond donors (Lipinski definition) is 1. The number of esters is 1. The number of ether oxygens (including phenoxy) is 3. The molecule has 0 bridgehead atoms. The molecule has 2 saturated heterocycles. The summed E-state index contributed by atoms with van der Waals surface area (Å²) in [7, 11) is 1.30. The van der Waals surface area contributed by atoms with Crippen LogP contribution < -0.4 is 0 Å². The number of piperidine rings is 1. The molecule has 1 amide bonds. The summed E-state index contributed by atoms with van der Waals surface area (Å²) in [5, 5.41) is 11.1. The van der Waals surface area contributed by atoms with E-state index in [9.17, 15) is 14.7 Å². The van der Waals surface area contributed by atoms with Crippen molar-refractivity contribution in [2.75, 3.05) is 26.8 Å². The second kappa shape index (κ2) is 7.63. The van der Waals surface area contributed by atoms with Crippen LogP contribution >= 0.6 is 0 Å². The molecule has 1 unspecified atom stereocenters. The van der Waals surface area contributed by atoms with E-state index in [1.807, 2.05) is 30.3 Å². The van der Waals surface area contributed by atoms with E-state index in [2.05, 4.69) is 0 Å². The van der Waals surface area contributed by atoms with Gasteiger partial charge in [-0.1, -0.05) is 30.3 Å². The molecule has 0 aliphatic carbocycles. The first-order valence-electron chi connectivity index (χ1n) is 8.91. The molecule has 3 rings (SSSR count). The lowest BCUT2D eigenvalue weighted by Gasteiger charge is -2.46. The number of rotatable bonds is 4. The molecule has 2 fully saturated rings. The van der Waals surface area contributed by atoms with Gasteiger partial charge in [0, 0.05) is 19.7 Å². The highest BCUT2D eigenvalue weighted by molar-refractivity contribution is 5.82. The minimum atomic E-state index is -1.34. The molecular formula is C19H25NO6. The van der Waals surface area contributed by atoms with Crippen LogP contribution in [-0.4, -0.2) is 60.1 Å². The first-order chi connectivity index (χ1) is 12.5. The predicted molar refractivity (Wildman–Crippen MR) is 92.3 cm³/mol. The Kier molecular flexibility index (Phi) is 5.48. The Balaban J connectivity index is 1.59. The summed E-state index contributed by atoms with van der Waals surface area (Å²) in [5.74, 6) is -0.544. The Morgan fingerprint density at radius 1 is 1.19 bits per heavy atom. The Bertz CT molecular complexity index is 633. The minimum absolute atomic E-state index is 0.204. The van der Waals surface area contributed by atoms with E-state index in [-0.39, 0.29) is 19.4 Å². The summed E-state index contributed by atoms with van der Waals surface area (Å²) in [4.78, 5) is 26.1. The van der Waals surface area contributed by atoms with E-state index in [1.54, 1.807) is 4.90 Å². The normalized spacial score (nSPS) is 24.9. The third-order valence-corrected chi connectivity index (χ3v) is 5.34. The molecule has 7 heteroatoms. The van der Waals surface area contributed by atoms with Crippen LogP contribution in [0.4, 0.5) is 4.79 Å². The smallest absolute Gasteiger partial charge is 0.410 e. The maximum absolute atomic E-state index is 12.3. The van der Waals surface area contributed by atoms with Crippen LogP contribution in [0.1, 0.15) is 31.2 Å². The van der Waals surface area contributed by atoms with Gasteiger partial charge in [-0.15, -0.1) is 0 Å². The summed E-state index contributed by atoms with van der Waals surface area (Å²) in [6.45, 7) is 1.22. The highest BCUT2D eigenvalue weighted by atomic mass is 16.6. The molecule has 0 radical (unpaired) electrons. The monoisotopic (exact) mass is 363 g/mol. The molecule has 142 valence electrons. The molecule has 0 spiro atoms. The Hall–Kier alpha value is -2.12. The number of benzene rings is 1. The SMILES string of the molecule is COC(=O)C1(C2(O)CCN(C(=O)OCc3ccccc3)CC2)CCCO1. The zero-order valence-corrected chi connectivity index (χ0v) is 15.0. The lowest BCUT2D eigenvalue weighted by molar-refractivity contribution is -0.207. The Morgan fingerprint density at radius 3 is 2.46 bits per heavy atom. The van der Waals surface area contributed by atoms with Crippen molar-refractivity contribution in [3.63, 3.8) is 0 Å². The Labute approximate surface area is 152 Å². The van der Waals surface area contributed by atoms with Crippen LogP contribution in [-0.2, 0) is 25.6 Å². The standard InChI is InChI=1S/C19H25NO6/c1-24-16(21)19(8-5-13-26-19)18(23)9-11-20(12-10-18)17(22)25-14-15-6-3-2-4-7-15/h2-4,6-7,23H,5,8-14H2,1H3. The van der Waals surface area contributed by atoms with E-state index in [1.165, 1.54) is 7.11 Å². The van der Waals surface area contributed by atoms with E-state index in [0.717, 1.165) is 5.56 Å². The number of amides is 1. The van der Waals surface area contributed by atoms with Crippen molar-refractivity contribution in [1.82, 2.24) is 4.90 Å². The van der Waals surface area contributed by atoms with Crippen LogP contribution in [0, 0.1) is 0 Å². The number of hydrogen-bond acceptors (Lipinski definition) is 6. The number of carbonyl (C=O) groups is 2. The molecule has 1 N–H and O–H groups in total. The molecule has 2 heterocycles. The molecule has 0 saturated carbocycles. The maximum atomic E-state index is 12.3. The molecule has 2 aliphatic heterocycles. The number of nitrogens with zero attached hydrogens (tertiary/aromatic N) is 1. The number of carbonyl (C=O) groups excluding carboxylic acids is 2. The van der Waals surface area contributed by atoms with Gasteiger partial charge in [0.05, 0.1) is 7.11 Å². The predicted octanol–water partition coefficient (Wildman–Crippen LogP) is 1.87. The number of methoxy groups -OCH3 is 1. The second-order valence-electron chi connectivity index (χ2n) is 6.83. The highest BCUT2D eigenvalue weighted by Crippen LogP contribution is 2.43. The molecular weight excluding hydrogens is 338 g/mol. The van der Waals surface area contributed by atoms with Crippen LogP contribution in [0.2, 0.25) is 0 Å². The van der Waals surface area contributed by atoms with Gasteiger partial charge in [0.25, 0.3) is 0 Å². The topological polar surface area (TPSA) is 85.3 Å². The fourth-order valence-corrected chi connectivity index (χ4v) is 3.80. The molecule has 7 nitrogen and oxygen atoms in total. The molecule has 1 aromatic carbocycles. The summed E-state index contributed by atoms with van der Waals surface area (Å²) in [6, 6.07) is 9.45. The fourth-order valence-electron chi connectivity index (χ4n) is 3.80. The van der Waals surface area contributed by atoms with Crippen molar-refractivity contribution in [1.29, 1.82) is 0 Å².